The van der Waals surface area contributed by atoms with Crippen LogP contribution in [0.5, 0.6) is 0 Å². The molecule has 2 amide bonds. The van der Waals surface area contributed by atoms with Crippen LogP contribution in [-0.2, 0) is 16.0 Å². The number of carbonyl (C=O) groups excluding carboxylic acids is 2. The van der Waals surface area contributed by atoms with Crippen LogP contribution < -0.4 is 9.80 Å². The number of hydrogen-bond donors (Lipinski definition) is 0. The Bertz CT molecular complexity index is 1330. The molecule has 2 aromatic carbocycles. The van der Waals surface area contributed by atoms with E-state index in [1.807, 2.05) is 11.9 Å². The number of thiocarbonyl (C=S) groups is 1. The summed E-state index contributed by atoms with van der Waals surface area (Å²) in [5.74, 6) is -1.52. The first-order chi connectivity index (χ1) is 18.0. The maximum atomic E-state index is 15.2. The molecule has 10 heteroatoms. The summed E-state index contributed by atoms with van der Waals surface area (Å²) in [6.45, 7) is 15.1. The van der Waals surface area contributed by atoms with Crippen molar-refractivity contribution in [2.75, 3.05) is 43.0 Å². The van der Waals surface area contributed by atoms with E-state index >= 15 is 8.78 Å². The van der Waals surface area contributed by atoms with Crippen LogP contribution in [0.4, 0.5) is 25.8 Å². The van der Waals surface area contributed by atoms with Crippen molar-refractivity contribution in [3.8, 4) is 0 Å². The predicted octanol–water partition coefficient (Wildman–Crippen LogP) is 4.84. The summed E-state index contributed by atoms with van der Waals surface area (Å²) in [4.78, 5) is 35.8. The van der Waals surface area contributed by atoms with E-state index in [0.29, 0.717) is 43.6 Å². The molecule has 7 nitrogen and oxygen atoms in total. The first-order valence-corrected chi connectivity index (χ1v) is 13.0. The Hall–Kier alpha value is -3.42. The summed E-state index contributed by atoms with van der Waals surface area (Å²) in [6, 6.07) is 7.48. The highest BCUT2D eigenvalue weighted by atomic mass is 32.1. The highest BCUT2D eigenvalue weighted by molar-refractivity contribution is 7.81. The number of benzene rings is 2. The average molecular weight is 540 g/mol. The molecular weight excluding hydrogens is 508 g/mol. The molecule has 0 aliphatic carbocycles. The summed E-state index contributed by atoms with van der Waals surface area (Å²) in [5, 5.41) is 0.0267. The largest absolute Gasteiger partial charge is 0.340 e. The molecule has 4 rings (SSSR count). The van der Waals surface area contributed by atoms with E-state index < -0.39 is 23.1 Å². The molecule has 0 N–H and O–H groups in total. The molecule has 2 fully saturated rings. The van der Waals surface area contributed by atoms with E-state index in [4.69, 9.17) is 18.8 Å². The minimum absolute atomic E-state index is 0.0267. The Labute approximate surface area is 227 Å². The van der Waals surface area contributed by atoms with Crippen molar-refractivity contribution >= 4 is 46.2 Å². The first-order valence-electron chi connectivity index (χ1n) is 12.6. The monoisotopic (exact) mass is 539 g/mol. The molecule has 2 aliphatic heterocycles. The first kappa shape index (κ1) is 27.6. The highest BCUT2D eigenvalue weighted by Gasteiger charge is 2.51. The van der Waals surface area contributed by atoms with Crippen LogP contribution in [-0.4, -0.2) is 65.5 Å². The second-order valence-electron chi connectivity index (χ2n) is 10.3. The van der Waals surface area contributed by atoms with Gasteiger partial charge in [0.2, 0.25) is 5.91 Å². The van der Waals surface area contributed by atoms with Gasteiger partial charge in [0.25, 0.3) is 5.91 Å². The lowest BCUT2D eigenvalue weighted by Gasteiger charge is -2.32. The summed E-state index contributed by atoms with van der Waals surface area (Å²) < 4.78 is 30.3. The molecule has 2 aromatic rings. The molecule has 0 aromatic heterocycles. The number of amides is 2. The fourth-order valence-electron chi connectivity index (χ4n) is 4.92. The second kappa shape index (κ2) is 10.8. The summed E-state index contributed by atoms with van der Waals surface area (Å²) in [6.07, 6.45) is 1.29. The summed E-state index contributed by atoms with van der Waals surface area (Å²) in [7, 11) is 2.03. The van der Waals surface area contributed by atoms with E-state index in [9.17, 15) is 9.59 Å². The van der Waals surface area contributed by atoms with Crippen molar-refractivity contribution in [2.24, 2.45) is 0 Å². The van der Waals surface area contributed by atoms with Gasteiger partial charge in [0.1, 0.15) is 17.2 Å². The van der Waals surface area contributed by atoms with E-state index in [0.717, 1.165) is 18.0 Å². The number of nitrogens with zero attached hydrogens (tertiary/aromatic N) is 5. The summed E-state index contributed by atoms with van der Waals surface area (Å²) in [5.41, 5.74) is -0.0991. The van der Waals surface area contributed by atoms with Crippen LogP contribution in [0.1, 0.15) is 37.8 Å². The third-order valence-corrected chi connectivity index (χ3v) is 7.72. The molecule has 0 atom stereocenters. The number of halogens is 2. The molecular formula is C28H31F2N5O2S. The van der Waals surface area contributed by atoms with Crippen molar-refractivity contribution in [1.82, 2.24) is 9.80 Å². The molecule has 2 aliphatic rings. The standard InChI is InChI=1S/C28H31F2N5O2S/c1-18-22(31-4)11-12-23(25(18)30)34-26(37)28(2,3)35(27(34)38)20-10-9-19(21(29)17-20)7-6-8-24(36)33-15-13-32(5)14-16-33/h9-12,17H,6-8,13-16H2,1-3,5H3. The summed E-state index contributed by atoms with van der Waals surface area (Å²) >= 11 is 5.60. The fraction of sp³-hybridized carbons (Fsp3) is 0.429. The van der Waals surface area contributed by atoms with Gasteiger partial charge < -0.3 is 14.7 Å². The zero-order valence-electron chi connectivity index (χ0n) is 22.1. The average Bonchev–Trinajstić information content (AvgIpc) is 3.05. The molecule has 2 saturated heterocycles. The minimum atomic E-state index is -1.20. The SMILES string of the molecule is [C-]#[N+]c1ccc(N2C(=O)C(C)(C)N(c3ccc(CCCC(=O)N4CCN(C)CC4)c(F)c3)C2=S)c(F)c1C. The van der Waals surface area contributed by atoms with Crippen LogP contribution in [0.3, 0.4) is 0 Å². The molecule has 2 heterocycles. The lowest BCUT2D eigenvalue weighted by molar-refractivity contribution is -0.132. The Morgan fingerprint density at radius 2 is 1.82 bits per heavy atom. The number of piperazine rings is 1. The number of hydrogen-bond acceptors (Lipinski definition) is 4. The van der Waals surface area contributed by atoms with E-state index in [-0.39, 0.29) is 28.0 Å². The molecule has 38 heavy (non-hydrogen) atoms. The van der Waals surface area contributed by atoms with Crippen molar-refractivity contribution < 1.29 is 18.4 Å². The Morgan fingerprint density at radius 1 is 1.13 bits per heavy atom. The molecule has 0 bridgehead atoms. The normalized spacial score (nSPS) is 17.8. The van der Waals surface area contributed by atoms with Crippen molar-refractivity contribution in [3.05, 3.63) is 64.5 Å². The lowest BCUT2D eigenvalue weighted by atomic mass is 10.0. The number of rotatable bonds is 6. The van der Waals surface area contributed by atoms with Crippen molar-refractivity contribution in [3.63, 3.8) is 0 Å². The van der Waals surface area contributed by atoms with Crippen LogP contribution in [0.2, 0.25) is 0 Å². The van der Waals surface area contributed by atoms with Gasteiger partial charge in [0.05, 0.1) is 12.3 Å². The fourth-order valence-corrected chi connectivity index (χ4v) is 5.43. The highest BCUT2D eigenvalue weighted by Crippen LogP contribution is 2.39. The third-order valence-electron chi connectivity index (χ3n) is 7.35. The maximum absolute atomic E-state index is 15.2. The molecule has 0 spiro atoms. The van der Waals surface area contributed by atoms with Gasteiger partial charge in [0.15, 0.2) is 10.8 Å². The van der Waals surface area contributed by atoms with Crippen molar-refractivity contribution in [1.29, 1.82) is 0 Å². The van der Waals surface area contributed by atoms with E-state index in [1.165, 1.54) is 30.0 Å². The molecule has 0 unspecified atom stereocenters. The molecule has 0 radical (unpaired) electrons. The number of likely N-dealkylation sites (N-methyl/N-ethyl adjacent to an activating group) is 1. The maximum Gasteiger partial charge on any atom is 0.259 e. The third kappa shape index (κ3) is 5.00. The van der Waals surface area contributed by atoms with Crippen LogP contribution in [0.25, 0.3) is 4.85 Å². The quantitative estimate of drug-likeness (QED) is 0.389. The van der Waals surface area contributed by atoms with Gasteiger partial charge >= 0.3 is 0 Å². The number of aryl methyl sites for hydroxylation is 1. The number of carbonyl (C=O) groups is 2. The van der Waals surface area contributed by atoms with Crippen LogP contribution >= 0.6 is 12.2 Å². The van der Waals surface area contributed by atoms with Crippen LogP contribution in [0, 0.1) is 25.1 Å². The molecule has 0 saturated carbocycles. The predicted molar refractivity (Wildman–Crippen MR) is 147 cm³/mol. The zero-order chi connectivity index (χ0) is 27.8. The van der Waals surface area contributed by atoms with Gasteiger partial charge in [-0.15, -0.1) is 0 Å². The molecule has 200 valence electrons. The van der Waals surface area contributed by atoms with Crippen LogP contribution in [0.15, 0.2) is 30.3 Å². The van der Waals surface area contributed by atoms with Gasteiger partial charge in [-0.2, -0.15) is 0 Å². The topological polar surface area (TPSA) is 51.5 Å². The number of anilines is 2. The smallest absolute Gasteiger partial charge is 0.259 e. The van der Waals surface area contributed by atoms with Crippen molar-refractivity contribution in [2.45, 2.75) is 45.6 Å². The lowest BCUT2D eigenvalue weighted by Crippen LogP contribution is -2.47. The minimum Gasteiger partial charge on any atom is -0.340 e. The van der Waals surface area contributed by atoms with Gasteiger partial charge in [-0.05, 0) is 82.2 Å². The van der Waals surface area contributed by atoms with Gasteiger partial charge in [-0.3, -0.25) is 14.5 Å². The van der Waals surface area contributed by atoms with E-state index in [2.05, 4.69) is 9.74 Å². The Kier molecular flexibility index (Phi) is 7.81. The van der Waals surface area contributed by atoms with E-state index in [1.54, 1.807) is 26.0 Å². The van der Waals surface area contributed by atoms with Gasteiger partial charge in [-0.1, -0.05) is 12.1 Å². The Balaban J connectivity index is 1.49. The van der Waals surface area contributed by atoms with Gasteiger partial charge in [0, 0.05) is 38.3 Å². The van der Waals surface area contributed by atoms with Gasteiger partial charge in [-0.25, -0.2) is 13.6 Å². The Morgan fingerprint density at radius 3 is 2.45 bits per heavy atom. The zero-order valence-corrected chi connectivity index (χ0v) is 22.9. The second-order valence-corrected chi connectivity index (χ2v) is 10.7.